The lowest BCUT2D eigenvalue weighted by molar-refractivity contribution is 1.13. The van der Waals surface area contributed by atoms with Crippen LogP contribution in [0.5, 0.6) is 0 Å². The fourth-order valence-electron chi connectivity index (χ4n) is 5.93. The van der Waals surface area contributed by atoms with Crippen LogP contribution in [0.1, 0.15) is 117 Å². The van der Waals surface area contributed by atoms with Crippen LogP contribution < -0.4 is 0 Å². The van der Waals surface area contributed by atoms with Crippen LogP contribution in [0, 0.1) is 145 Å². The Morgan fingerprint density at radius 3 is 0.356 bits per heavy atom. The van der Waals surface area contributed by atoms with Crippen LogP contribution >= 0.6 is 0 Å². The van der Waals surface area contributed by atoms with Gasteiger partial charge >= 0.3 is 0 Å². The molecule has 246 valence electrons. The molecular formula is C45H66. The molecule has 0 heteroatoms. The molecule has 0 heterocycles. The van der Waals surface area contributed by atoms with E-state index in [1.54, 1.807) is 0 Å². The van der Waals surface area contributed by atoms with Gasteiger partial charge in [0.15, 0.2) is 0 Å². The minimum Gasteiger partial charge on any atom is -0.0558 e. The van der Waals surface area contributed by atoms with Gasteiger partial charge in [0, 0.05) is 0 Å². The Bertz CT molecular complexity index is 1340. The number of rotatable bonds is 0. The minimum absolute atomic E-state index is 1.41. The van der Waals surface area contributed by atoms with Crippen LogP contribution in [0.2, 0.25) is 0 Å². The van der Waals surface area contributed by atoms with Crippen LogP contribution in [0.25, 0.3) is 0 Å². The number of aryl methyl sites for hydroxylation is 6. The van der Waals surface area contributed by atoms with Crippen molar-refractivity contribution in [1.82, 2.24) is 0 Å². The Morgan fingerprint density at radius 2 is 0.244 bits per heavy atom. The Kier molecular flexibility index (Phi) is 14.6. The van der Waals surface area contributed by atoms with Crippen molar-refractivity contribution in [2.45, 2.75) is 145 Å². The Balaban J connectivity index is 0.000000300. The quantitative estimate of drug-likeness (QED) is 0.187. The van der Waals surface area contributed by atoms with Crippen LogP contribution in [-0.4, -0.2) is 0 Å². The summed E-state index contributed by atoms with van der Waals surface area (Å²) in [4.78, 5) is 0. The highest BCUT2D eigenvalue weighted by Crippen LogP contribution is 2.25. The summed E-state index contributed by atoms with van der Waals surface area (Å²) < 4.78 is 0. The first-order chi connectivity index (χ1) is 20.6. The van der Waals surface area contributed by atoms with Gasteiger partial charge in [-0.15, -0.1) is 0 Å². The van der Waals surface area contributed by atoms with Crippen molar-refractivity contribution in [2.75, 3.05) is 0 Å². The molecule has 0 aliphatic rings. The molecule has 0 unspecified atom stereocenters. The van der Waals surface area contributed by atoms with Crippen molar-refractivity contribution in [3.05, 3.63) is 135 Å². The number of hydrogen-bond acceptors (Lipinski definition) is 0. The van der Waals surface area contributed by atoms with Crippen molar-refractivity contribution >= 4 is 0 Å². The molecule has 0 aliphatic carbocycles. The lowest BCUT2D eigenvalue weighted by Gasteiger charge is -2.15. The van der Waals surface area contributed by atoms with Crippen molar-refractivity contribution < 1.29 is 0 Å². The molecule has 4 aromatic rings. The molecular weight excluding hydrogens is 540 g/mol. The summed E-state index contributed by atoms with van der Waals surface area (Å²) in [6.07, 6.45) is 0. The van der Waals surface area contributed by atoms with Crippen LogP contribution in [0.3, 0.4) is 0 Å². The summed E-state index contributed by atoms with van der Waals surface area (Å²) >= 11 is 0. The fraction of sp³-hybridized carbons (Fsp3) is 0.467. The SMILES string of the molecule is Cc1c(C)c(C)c(C)c(C)c1C.Cc1cc(C)c(C)c(C)c1C.Cc1cc(C)c(C)c(C)c1C.Cc1cc(C)c(C)c(C)c1C. The van der Waals surface area contributed by atoms with Gasteiger partial charge in [-0.3, -0.25) is 0 Å². The smallest absolute Gasteiger partial charge is 0.0392 e. The number of benzene rings is 4. The zero-order valence-corrected chi connectivity index (χ0v) is 33.2. The third-order valence-corrected chi connectivity index (χ3v) is 11.6. The second-order valence-corrected chi connectivity index (χ2v) is 13.9. The van der Waals surface area contributed by atoms with Crippen LogP contribution in [0.15, 0.2) is 18.2 Å². The summed E-state index contributed by atoms with van der Waals surface area (Å²) in [5, 5.41) is 0. The van der Waals surface area contributed by atoms with Crippen molar-refractivity contribution in [3.8, 4) is 0 Å². The molecule has 0 saturated heterocycles. The maximum absolute atomic E-state index is 2.26. The molecule has 45 heavy (non-hydrogen) atoms. The van der Waals surface area contributed by atoms with Gasteiger partial charge in [0.25, 0.3) is 0 Å². The van der Waals surface area contributed by atoms with Crippen molar-refractivity contribution in [2.24, 2.45) is 0 Å². The van der Waals surface area contributed by atoms with E-state index in [1.807, 2.05) is 0 Å². The lowest BCUT2D eigenvalue weighted by Crippen LogP contribution is -1.98. The largest absolute Gasteiger partial charge is 0.0558 e. The van der Waals surface area contributed by atoms with Gasteiger partial charge < -0.3 is 0 Å². The van der Waals surface area contributed by atoms with Crippen LogP contribution in [-0.2, 0) is 0 Å². The maximum atomic E-state index is 2.26. The van der Waals surface area contributed by atoms with E-state index >= 15 is 0 Å². The van der Waals surface area contributed by atoms with Gasteiger partial charge in [0.2, 0.25) is 0 Å². The molecule has 4 aromatic carbocycles. The maximum Gasteiger partial charge on any atom is -0.0392 e. The summed E-state index contributed by atoms with van der Waals surface area (Å²) in [5.74, 6) is 0. The van der Waals surface area contributed by atoms with E-state index in [-0.39, 0.29) is 0 Å². The van der Waals surface area contributed by atoms with Gasteiger partial charge in [-0.1, -0.05) is 18.2 Å². The monoisotopic (exact) mass is 607 g/mol. The number of hydrogen-bond donors (Lipinski definition) is 0. The standard InChI is InChI=1S/C12H18.3C11H16/c1-7-8(2)10(4)12(6)11(5)9(7)3;3*1-7-6-8(2)10(4)11(5)9(7)3/h1-6H3;3*6H,1-5H3. The Labute approximate surface area is 279 Å². The summed E-state index contributed by atoms with van der Waals surface area (Å²) in [5.41, 5.74) is 30.1. The van der Waals surface area contributed by atoms with Crippen LogP contribution in [0.4, 0.5) is 0 Å². The van der Waals surface area contributed by atoms with E-state index in [9.17, 15) is 0 Å². The van der Waals surface area contributed by atoms with Crippen molar-refractivity contribution in [1.29, 1.82) is 0 Å². The summed E-state index contributed by atoms with van der Waals surface area (Å²) in [6, 6.07) is 6.78. The highest BCUT2D eigenvalue weighted by molar-refractivity contribution is 5.49. The minimum atomic E-state index is 1.41. The Hall–Kier alpha value is -3.12. The normalized spacial score (nSPS) is 10.3. The molecule has 0 N–H and O–H groups in total. The van der Waals surface area contributed by atoms with Gasteiger partial charge in [-0.2, -0.15) is 0 Å². The van der Waals surface area contributed by atoms with E-state index in [4.69, 9.17) is 0 Å². The fourth-order valence-corrected chi connectivity index (χ4v) is 5.93. The average molecular weight is 607 g/mol. The summed E-state index contributed by atoms with van der Waals surface area (Å²) in [6.45, 7) is 46.1. The molecule has 0 saturated carbocycles. The second-order valence-electron chi connectivity index (χ2n) is 13.9. The molecule has 0 atom stereocenters. The zero-order chi connectivity index (χ0) is 35.2. The highest BCUT2D eigenvalue weighted by Gasteiger charge is 2.08. The highest BCUT2D eigenvalue weighted by atomic mass is 14.1. The Morgan fingerprint density at radius 1 is 0.156 bits per heavy atom. The first-order valence-electron chi connectivity index (χ1n) is 16.7. The molecule has 0 nitrogen and oxygen atoms in total. The molecule has 0 spiro atoms. The van der Waals surface area contributed by atoms with E-state index in [0.717, 1.165) is 0 Å². The van der Waals surface area contributed by atoms with E-state index in [2.05, 4.69) is 164 Å². The predicted octanol–water partition coefficient (Wildman–Crippen LogP) is 13.2. The molecule has 0 fully saturated rings. The molecule has 0 amide bonds. The summed E-state index contributed by atoms with van der Waals surface area (Å²) in [7, 11) is 0. The van der Waals surface area contributed by atoms with Gasteiger partial charge in [0.05, 0.1) is 0 Å². The lowest BCUT2D eigenvalue weighted by atomic mass is 9.90. The third-order valence-electron chi connectivity index (χ3n) is 11.6. The third kappa shape index (κ3) is 9.45. The average Bonchev–Trinajstić information content (AvgIpc) is 3.00. The molecule has 0 aliphatic heterocycles. The molecule has 4 rings (SSSR count). The molecule has 0 aromatic heterocycles. The second kappa shape index (κ2) is 16.4. The van der Waals surface area contributed by atoms with E-state index in [1.165, 1.54) is 117 Å². The first kappa shape index (κ1) is 39.9. The molecule has 0 radical (unpaired) electrons. The topological polar surface area (TPSA) is 0 Å². The van der Waals surface area contributed by atoms with Gasteiger partial charge in [-0.25, -0.2) is 0 Å². The molecule has 0 bridgehead atoms. The zero-order valence-electron chi connectivity index (χ0n) is 33.2. The predicted molar refractivity (Wildman–Crippen MR) is 205 cm³/mol. The van der Waals surface area contributed by atoms with Gasteiger partial charge in [0.1, 0.15) is 0 Å². The van der Waals surface area contributed by atoms with E-state index in [0.29, 0.717) is 0 Å². The van der Waals surface area contributed by atoms with E-state index < -0.39 is 0 Å². The van der Waals surface area contributed by atoms with Crippen molar-refractivity contribution in [3.63, 3.8) is 0 Å². The van der Waals surface area contributed by atoms with Gasteiger partial charge in [-0.05, 0) is 262 Å². The first-order valence-corrected chi connectivity index (χ1v) is 16.7.